The van der Waals surface area contributed by atoms with Crippen LogP contribution in [-0.4, -0.2) is 15.9 Å². The summed E-state index contributed by atoms with van der Waals surface area (Å²) < 4.78 is 10.6. The Balaban J connectivity index is 1.92. The predicted octanol–water partition coefficient (Wildman–Crippen LogP) is 2.80. The molecule has 0 atom stereocenters. The maximum absolute atomic E-state index is 11.1. The van der Waals surface area contributed by atoms with Gasteiger partial charge in [0.1, 0.15) is 5.75 Å². The molecule has 0 saturated carbocycles. The van der Waals surface area contributed by atoms with Gasteiger partial charge in [0.2, 0.25) is 0 Å². The molecule has 1 heterocycles. The number of hydrogen-bond donors (Lipinski definition) is 0. The summed E-state index contributed by atoms with van der Waals surface area (Å²) in [6, 6.07) is 6.96. The van der Waals surface area contributed by atoms with Crippen molar-refractivity contribution in [3.63, 3.8) is 0 Å². The summed E-state index contributed by atoms with van der Waals surface area (Å²) >= 11 is 0. The SMILES string of the molecule is CCCc1noc(COc2ccc(C(C)=O)cc2)n1. The molecule has 0 unspecified atom stereocenters. The molecule has 0 N–H and O–H groups in total. The lowest BCUT2D eigenvalue weighted by Crippen LogP contribution is -1.97. The molecule has 2 rings (SSSR count). The molecule has 1 aromatic heterocycles. The molecule has 2 aromatic rings. The van der Waals surface area contributed by atoms with Crippen LogP contribution < -0.4 is 4.74 Å². The summed E-state index contributed by atoms with van der Waals surface area (Å²) in [4.78, 5) is 15.3. The van der Waals surface area contributed by atoms with E-state index in [0.29, 0.717) is 23.0 Å². The minimum atomic E-state index is 0.0349. The Hall–Kier alpha value is -2.17. The average Bonchev–Trinajstić information content (AvgIpc) is 2.85. The molecule has 0 bridgehead atoms. The summed E-state index contributed by atoms with van der Waals surface area (Å²) in [5, 5.41) is 3.84. The van der Waals surface area contributed by atoms with E-state index >= 15 is 0 Å². The van der Waals surface area contributed by atoms with Crippen LogP contribution in [0, 0.1) is 0 Å². The van der Waals surface area contributed by atoms with Crippen molar-refractivity contribution in [1.29, 1.82) is 0 Å². The fourth-order valence-corrected chi connectivity index (χ4v) is 1.60. The van der Waals surface area contributed by atoms with Crippen molar-refractivity contribution in [3.8, 4) is 5.75 Å². The fraction of sp³-hybridized carbons (Fsp3) is 0.357. The molecule has 0 radical (unpaired) electrons. The van der Waals surface area contributed by atoms with Crippen LogP contribution in [0.3, 0.4) is 0 Å². The van der Waals surface area contributed by atoms with Crippen LogP contribution in [0.1, 0.15) is 42.3 Å². The number of Topliss-reactive ketones (excluding diaryl/α,β-unsaturated/α-hetero) is 1. The Morgan fingerprint density at radius 3 is 2.68 bits per heavy atom. The Kier molecular flexibility index (Phi) is 4.28. The minimum absolute atomic E-state index is 0.0349. The Morgan fingerprint density at radius 2 is 2.05 bits per heavy atom. The molecule has 0 aliphatic carbocycles. The third kappa shape index (κ3) is 3.64. The van der Waals surface area contributed by atoms with E-state index in [1.54, 1.807) is 24.3 Å². The van der Waals surface area contributed by atoms with E-state index in [4.69, 9.17) is 9.26 Å². The molecule has 5 heteroatoms. The van der Waals surface area contributed by atoms with Gasteiger partial charge in [-0.25, -0.2) is 0 Å². The number of aryl methyl sites for hydroxylation is 1. The highest BCUT2D eigenvalue weighted by atomic mass is 16.5. The first kappa shape index (κ1) is 13.3. The molecule has 1 aromatic carbocycles. The molecular weight excluding hydrogens is 244 g/mol. The molecule has 100 valence electrons. The summed E-state index contributed by atoms with van der Waals surface area (Å²) in [7, 11) is 0. The number of ketones is 1. The number of carbonyl (C=O) groups is 1. The normalized spacial score (nSPS) is 10.4. The standard InChI is InChI=1S/C14H16N2O3/c1-3-4-13-15-14(19-16-13)9-18-12-7-5-11(6-8-12)10(2)17/h5-8H,3-4,9H2,1-2H3. The molecular formula is C14H16N2O3. The second-order valence-electron chi connectivity index (χ2n) is 4.22. The van der Waals surface area contributed by atoms with E-state index in [9.17, 15) is 4.79 Å². The van der Waals surface area contributed by atoms with Crippen LogP contribution in [0.2, 0.25) is 0 Å². The number of ether oxygens (including phenoxy) is 1. The van der Waals surface area contributed by atoms with Crippen molar-refractivity contribution in [1.82, 2.24) is 10.1 Å². The van der Waals surface area contributed by atoms with Crippen LogP contribution in [0.5, 0.6) is 5.75 Å². The van der Waals surface area contributed by atoms with Gasteiger partial charge in [0.05, 0.1) is 0 Å². The van der Waals surface area contributed by atoms with Crippen molar-refractivity contribution in [2.24, 2.45) is 0 Å². The maximum atomic E-state index is 11.1. The lowest BCUT2D eigenvalue weighted by atomic mass is 10.1. The van der Waals surface area contributed by atoms with Gasteiger partial charge in [0, 0.05) is 12.0 Å². The van der Waals surface area contributed by atoms with E-state index in [0.717, 1.165) is 12.8 Å². The molecule has 0 fully saturated rings. The van der Waals surface area contributed by atoms with Gasteiger partial charge in [0.25, 0.3) is 5.89 Å². The van der Waals surface area contributed by atoms with Gasteiger partial charge in [-0.3, -0.25) is 4.79 Å². The highest BCUT2D eigenvalue weighted by molar-refractivity contribution is 5.94. The lowest BCUT2D eigenvalue weighted by Gasteiger charge is -2.03. The zero-order valence-corrected chi connectivity index (χ0v) is 11.0. The first-order valence-corrected chi connectivity index (χ1v) is 6.24. The van der Waals surface area contributed by atoms with Gasteiger partial charge in [-0.1, -0.05) is 12.1 Å². The highest BCUT2D eigenvalue weighted by Gasteiger charge is 2.06. The maximum Gasteiger partial charge on any atom is 0.264 e. The quantitative estimate of drug-likeness (QED) is 0.747. The van der Waals surface area contributed by atoms with Crippen LogP contribution in [0.25, 0.3) is 0 Å². The zero-order valence-electron chi connectivity index (χ0n) is 11.0. The monoisotopic (exact) mass is 260 g/mol. The number of rotatable bonds is 6. The van der Waals surface area contributed by atoms with Crippen molar-refractivity contribution in [2.45, 2.75) is 33.3 Å². The van der Waals surface area contributed by atoms with Crippen molar-refractivity contribution in [2.75, 3.05) is 0 Å². The number of carbonyl (C=O) groups excluding carboxylic acids is 1. The zero-order chi connectivity index (χ0) is 13.7. The van der Waals surface area contributed by atoms with Crippen molar-refractivity contribution in [3.05, 3.63) is 41.5 Å². The second kappa shape index (κ2) is 6.13. The van der Waals surface area contributed by atoms with Gasteiger partial charge in [-0.15, -0.1) is 0 Å². The van der Waals surface area contributed by atoms with Crippen LogP contribution >= 0.6 is 0 Å². The first-order valence-electron chi connectivity index (χ1n) is 6.24. The smallest absolute Gasteiger partial charge is 0.264 e. The van der Waals surface area contributed by atoms with Crippen LogP contribution in [0.15, 0.2) is 28.8 Å². The van der Waals surface area contributed by atoms with Crippen LogP contribution in [-0.2, 0) is 13.0 Å². The lowest BCUT2D eigenvalue weighted by molar-refractivity contribution is 0.101. The molecule has 0 spiro atoms. The molecule has 0 amide bonds. The van der Waals surface area contributed by atoms with Gasteiger partial charge in [-0.2, -0.15) is 4.98 Å². The third-order valence-corrected chi connectivity index (χ3v) is 2.61. The Morgan fingerprint density at radius 1 is 1.32 bits per heavy atom. The summed E-state index contributed by atoms with van der Waals surface area (Å²) in [5.74, 6) is 1.86. The first-order chi connectivity index (χ1) is 9.19. The molecule has 0 aliphatic heterocycles. The molecule has 0 aliphatic rings. The Bertz CT molecular complexity index is 546. The third-order valence-electron chi connectivity index (χ3n) is 2.61. The number of nitrogens with zero attached hydrogens (tertiary/aromatic N) is 2. The Labute approximate surface area is 111 Å². The highest BCUT2D eigenvalue weighted by Crippen LogP contribution is 2.14. The number of benzene rings is 1. The van der Waals surface area contributed by atoms with E-state index < -0.39 is 0 Å². The fourth-order valence-electron chi connectivity index (χ4n) is 1.60. The number of hydrogen-bond acceptors (Lipinski definition) is 5. The summed E-state index contributed by atoms with van der Waals surface area (Å²) in [6.07, 6.45) is 1.78. The topological polar surface area (TPSA) is 65.2 Å². The molecule has 19 heavy (non-hydrogen) atoms. The van der Waals surface area contributed by atoms with Gasteiger partial charge < -0.3 is 9.26 Å². The van der Waals surface area contributed by atoms with Crippen LogP contribution in [0.4, 0.5) is 0 Å². The van der Waals surface area contributed by atoms with Crippen molar-refractivity contribution >= 4 is 5.78 Å². The summed E-state index contributed by atoms with van der Waals surface area (Å²) in [6.45, 7) is 3.82. The predicted molar refractivity (Wildman–Crippen MR) is 69.1 cm³/mol. The number of aromatic nitrogens is 2. The largest absolute Gasteiger partial charge is 0.484 e. The van der Waals surface area contributed by atoms with E-state index in [-0.39, 0.29) is 12.4 Å². The average molecular weight is 260 g/mol. The summed E-state index contributed by atoms with van der Waals surface area (Å²) in [5.41, 5.74) is 0.662. The van der Waals surface area contributed by atoms with Crippen molar-refractivity contribution < 1.29 is 14.1 Å². The van der Waals surface area contributed by atoms with E-state index in [2.05, 4.69) is 17.1 Å². The molecule has 5 nitrogen and oxygen atoms in total. The van der Waals surface area contributed by atoms with E-state index in [1.165, 1.54) is 6.92 Å². The van der Waals surface area contributed by atoms with E-state index in [1.807, 2.05) is 0 Å². The van der Waals surface area contributed by atoms with Gasteiger partial charge in [0.15, 0.2) is 18.2 Å². The minimum Gasteiger partial charge on any atom is -0.484 e. The second-order valence-corrected chi connectivity index (χ2v) is 4.22. The van der Waals surface area contributed by atoms with Gasteiger partial charge >= 0.3 is 0 Å². The van der Waals surface area contributed by atoms with Gasteiger partial charge in [-0.05, 0) is 37.6 Å². The molecule has 0 saturated heterocycles.